The van der Waals surface area contributed by atoms with Gasteiger partial charge in [-0.25, -0.2) is 9.97 Å². The predicted octanol–water partition coefficient (Wildman–Crippen LogP) is 4.28. The zero-order valence-electron chi connectivity index (χ0n) is 17.9. The lowest BCUT2D eigenvalue weighted by Crippen LogP contribution is -2.48. The van der Waals surface area contributed by atoms with Crippen LogP contribution in [0.1, 0.15) is 10.4 Å². The molecule has 3 heterocycles. The quantitative estimate of drug-likeness (QED) is 0.448. The van der Waals surface area contributed by atoms with Gasteiger partial charge in [-0.2, -0.15) is 0 Å². The number of halogens is 3. The zero-order valence-corrected chi connectivity index (χ0v) is 17.9. The summed E-state index contributed by atoms with van der Waals surface area (Å²) in [6.07, 6.45) is 0.513. The Morgan fingerprint density at radius 3 is 2.29 bits per heavy atom. The van der Waals surface area contributed by atoms with E-state index >= 15 is 0 Å². The maximum atomic E-state index is 13.1. The molecule has 1 aliphatic heterocycles. The topological polar surface area (TPSA) is 63.5 Å². The van der Waals surface area contributed by atoms with Gasteiger partial charge < -0.3 is 14.5 Å². The van der Waals surface area contributed by atoms with Crippen LogP contribution in [-0.2, 0) is 0 Å². The zero-order chi connectivity index (χ0) is 23.7. The lowest BCUT2D eigenvalue weighted by atomic mass is 10.1. The first kappa shape index (κ1) is 21.7. The minimum Gasteiger partial charge on any atom is -0.406 e. The van der Waals surface area contributed by atoms with Crippen LogP contribution in [0.4, 0.5) is 18.9 Å². The lowest BCUT2D eigenvalue weighted by Gasteiger charge is -2.36. The van der Waals surface area contributed by atoms with E-state index in [1.807, 2.05) is 33.9 Å². The number of benzene rings is 2. The van der Waals surface area contributed by atoms with Crippen LogP contribution < -0.4 is 9.64 Å². The second kappa shape index (κ2) is 8.69. The highest BCUT2D eigenvalue weighted by Gasteiger charge is 2.31. The van der Waals surface area contributed by atoms with Crippen molar-refractivity contribution in [3.63, 3.8) is 0 Å². The summed E-state index contributed by atoms with van der Waals surface area (Å²) in [5.74, 6) is 0.248. The summed E-state index contributed by atoms with van der Waals surface area (Å²) < 4.78 is 42.8. The standard InChI is InChI=1S/C24H20F3N5O2/c25-24(26,27)34-20-5-3-19(4-6-20)30-12-14-31(15-13-30)22(33)18-2-7-21-17(16-18)8-11-32(21)23-28-9-1-10-29-23/h1-11,16H,12-15H2. The number of carbonyl (C=O) groups is 1. The molecular formula is C24H20F3N5O2. The van der Waals surface area contributed by atoms with Gasteiger partial charge in [-0.05, 0) is 54.6 Å². The molecule has 1 saturated heterocycles. The predicted molar refractivity (Wildman–Crippen MR) is 120 cm³/mol. The molecule has 0 N–H and O–H groups in total. The summed E-state index contributed by atoms with van der Waals surface area (Å²) in [4.78, 5) is 25.5. The molecule has 0 saturated carbocycles. The van der Waals surface area contributed by atoms with Gasteiger partial charge in [-0.1, -0.05) is 0 Å². The van der Waals surface area contributed by atoms with Crippen molar-refractivity contribution in [1.82, 2.24) is 19.4 Å². The molecule has 0 spiro atoms. The smallest absolute Gasteiger partial charge is 0.406 e. The number of aromatic nitrogens is 3. The van der Waals surface area contributed by atoms with Crippen LogP contribution in [0.5, 0.6) is 5.75 Å². The van der Waals surface area contributed by atoms with E-state index in [-0.39, 0.29) is 11.7 Å². The Labute approximate surface area is 193 Å². The highest BCUT2D eigenvalue weighted by atomic mass is 19.4. The van der Waals surface area contributed by atoms with E-state index < -0.39 is 6.36 Å². The van der Waals surface area contributed by atoms with E-state index in [9.17, 15) is 18.0 Å². The largest absolute Gasteiger partial charge is 0.573 e. The van der Waals surface area contributed by atoms with Crippen LogP contribution >= 0.6 is 0 Å². The summed E-state index contributed by atoms with van der Waals surface area (Å²) in [5, 5.41) is 0.915. The fourth-order valence-corrected chi connectivity index (χ4v) is 4.07. The third kappa shape index (κ3) is 4.52. The summed E-state index contributed by atoms with van der Waals surface area (Å²) in [7, 11) is 0. The molecule has 34 heavy (non-hydrogen) atoms. The van der Waals surface area contributed by atoms with Crippen molar-refractivity contribution in [2.24, 2.45) is 0 Å². The molecule has 0 radical (unpaired) electrons. The number of piperazine rings is 1. The number of nitrogens with zero attached hydrogens (tertiary/aromatic N) is 5. The van der Waals surface area contributed by atoms with Gasteiger partial charge in [-0.15, -0.1) is 13.2 Å². The van der Waals surface area contributed by atoms with Crippen molar-refractivity contribution in [1.29, 1.82) is 0 Å². The number of amides is 1. The first-order valence-electron chi connectivity index (χ1n) is 10.7. The van der Waals surface area contributed by atoms with E-state index in [0.717, 1.165) is 16.6 Å². The third-order valence-corrected chi connectivity index (χ3v) is 5.71. The molecule has 2 aromatic carbocycles. The number of fused-ring (bicyclic) bond motifs is 1. The van der Waals surface area contributed by atoms with Crippen LogP contribution in [0.3, 0.4) is 0 Å². The maximum Gasteiger partial charge on any atom is 0.573 e. The summed E-state index contributed by atoms with van der Waals surface area (Å²) in [6.45, 7) is 2.18. The van der Waals surface area contributed by atoms with Crippen molar-refractivity contribution in [3.05, 3.63) is 78.8 Å². The first-order chi connectivity index (χ1) is 16.4. The first-order valence-corrected chi connectivity index (χ1v) is 10.7. The van der Waals surface area contributed by atoms with Gasteiger partial charge in [-0.3, -0.25) is 9.36 Å². The minimum absolute atomic E-state index is 0.0563. The Kier molecular flexibility index (Phi) is 5.56. The van der Waals surface area contributed by atoms with Crippen molar-refractivity contribution in [3.8, 4) is 11.7 Å². The fraction of sp³-hybridized carbons (Fsp3) is 0.208. The second-order valence-corrected chi connectivity index (χ2v) is 7.83. The number of carbonyl (C=O) groups excluding carboxylic acids is 1. The summed E-state index contributed by atoms with van der Waals surface area (Å²) in [6, 6.07) is 15.0. The third-order valence-electron chi connectivity index (χ3n) is 5.71. The molecule has 1 amide bonds. The average molecular weight is 467 g/mol. The number of hydrogen-bond donors (Lipinski definition) is 0. The SMILES string of the molecule is O=C(c1ccc2c(ccn2-c2ncccn2)c1)N1CCN(c2ccc(OC(F)(F)F)cc2)CC1. The van der Waals surface area contributed by atoms with Crippen molar-refractivity contribution in [2.75, 3.05) is 31.1 Å². The van der Waals surface area contributed by atoms with Gasteiger partial charge >= 0.3 is 6.36 Å². The Morgan fingerprint density at radius 1 is 0.912 bits per heavy atom. The van der Waals surface area contributed by atoms with Crippen LogP contribution in [0, 0.1) is 0 Å². The molecule has 2 aromatic heterocycles. The van der Waals surface area contributed by atoms with E-state index in [1.165, 1.54) is 12.1 Å². The Balaban J connectivity index is 1.24. The van der Waals surface area contributed by atoms with Crippen molar-refractivity contribution >= 4 is 22.5 Å². The molecular weight excluding hydrogens is 447 g/mol. The normalized spacial score (nSPS) is 14.4. The molecule has 174 valence electrons. The Hall–Kier alpha value is -4.08. The van der Waals surface area contributed by atoms with E-state index in [4.69, 9.17) is 0 Å². The number of anilines is 1. The highest BCUT2D eigenvalue weighted by Crippen LogP contribution is 2.26. The number of alkyl halides is 3. The minimum atomic E-state index is -4.71. The van der Waals surface area contributed by atoms with Crippen LogP contribution in [0.15, 0.2) is 73.2 Å². The summed E-state index contributed by atoms with van der Waals surface area (Å²) >= 11 is 0. The fourth-order valence-electron chi connectivity index (χ4n) is 4.07. The molecule has 0 unspecified atom stereocenters. The second-order valence-electron chi connectivity index (χ2n) is 7.83. The van der Waals surface area contributed by atoms with Gasteiger partial charge in [0.05, 0.1) is 5.52 Å². The number of ether oxygens (including phenoxy) is 1. The van der Waals surface area contributed by atoms with Crippen molar-refractivity contribution in [2.45, 2.75) is 6.36 Å². The summed E-state index contributed by atoms with van der Waals surface area (Å²) in [5.41, 5.74) is 2.29. The molecule has 0 atom stereocenters. The van der Waals surface area contributed by atoms with Crippen LogP contribution in [0.25, 0.3) is 16.9 Å². The van der Waals surface area contributed by atoms with E-state index in [1.54, 1.807) is 41.6 Å². The van der Waals surface area contributed by atoms with E-state index in [0.29, 0.717) is 37.7 Å². The molecule has 4 aromatic rings. The van der Waals surface area contributed by atoms with Gasteiger partial charge in [0, 0.05) is 61.4 Å². The van der Waals surface area contributed by atoms with Gasteiger partial charge in [0.2, 0.25) is 5.95 Å². The molecule has 1 aliphatic rings. The van der Waals surface area contributed by atoms with Gasteiger partial charge in [0.25, 0.3) is 5.91 Å². The lowest BCUT2D eigenvalue weighted by molar-refractivity contribution is -0.274. The average Bonchev–Trinajstić information content (AvgIpc) is 3.27. The maximum absolute atomic E-state index is 13.1. The monoisotopic (exact) mass is 467 g/mol. The Morgan fingerprint density at radius 2 is 1.62 bits per heavy atom. The van der Waals surface area contributed by atoms with E-state index in [2.05, 4.69) is 14.7 Å². The molecule has 0 bridgehead atoms. The highest BCUT2D eigenvalue weighted by molar-refractivity contribution is 5.98. The Bertz CT molecular complexity index is 1300. The number of rotatable bonds is 4. The van der Waals surface area contributed by atoms with Crippen LogP contribution in [-0.4, -0.2) is 57.9 Å². The molecule has 1 fully saturated rings. The van der Waals surface area contributed by atoms with Gasteiger partial charge in [0.15, 0.2) is 0 Å². The number of hydrogen-bond acceptors (Lipinski definition) is 5. The van der Waals surface area contributed by atoms with Crippen LogP contribution in [0.2, 0.25) is 0 Å². The van der Waals surface area contributed by atoms with Crippen molar-refractivity contribution < 1.29 is 22.7 Å². The molecule has 7 nitrogen and oxygen atoms in total. The molecule has 5 rings (SSSR count). The van der Waals surface area contributed by atoms with Gasteiger partial charge in [0.1, 0.15) is 5.75 Å². The molecule has 10 heteroatoms. The molecule has 0 aliphatic carbocycles.